The van der Waals surface area contributed by atoms with Gasteiger partial charge in [0.05, 0.1) is 11.4 Å². The van der Waals surface area contributed by atoms with Crippen molar-refractivity contribution in [1.82, 2.24) is 9.13 Å². The highest BCUT2D eigenvalue weighted by atomic mass is 15.2. The summed E-state index contributed by atoms with van der Waals surface area (Å²) in [5.74, 6) is -0.574. The lowest BCUT2D eigenvalue weighted by molar-refractivity contribution is 0.786. The number of aromatic nitrogens is 2. The molecule has 0 unspecified atom stereocenters. The predicted octanol–water partition coefficient (Wildman–Crippen LogP) is 16.1. The first-order chi connectivity index (χ1) is 35.5. The van der Waals surface area contributed by atoms with Crippen LogP contribution in [-0.4, -0.2) is 9.13 Å². The van der Waals surface area contributed by atoms with E-state index >= 15 is 0 Å². The van der Waals surface area contributed by atoms with Crippen molar-refractivity contribution in [3.63, 3.8) is 0 Å². The average molecular weight is 928 g/mol. The summed E-state index contributed by atoms with van der Waals surface area (Å²) in [5, 5.41) is 10.9. The van der Waals surface area contributed by atoms with Crippen molar-refractivity contribution < 1.29 is 0 Å². The lowest BCUT2D eigenvalue weighted by Gasteiger charge is -2.30. The second-order valence-corrected chi connectivity index (χ2v) is 19.0. The molecule has 0 spiro atoms. The summed E-state index contributed by atoms with van der Waals surface area (Å²) in [7, 11) is 0. The minimum atomic E-state index is -0.143. The molecule has 1 N–H and O–H groups in total. The average Bonchev–Trinajstić information content (AvgIpc) is 3.80. The topological polar surface area (TPSA) is 33.7 Å². The van der Waals surface area contributed by atoms with Crippen LogP contribution in [0.1, 0.15) is 102 Å². The number of rotatable bonds is 14. The second kappa shape index (κ2) is 20.7. The number of hydrogen-bond donors (Lipinski definition) is 1. The number of aryl methyl sites for hydroxylation is 2. The molecule has 72 heavy (non-hydrogen) atoms. The van der Waals surface area contributed by atoms with Gasteiger partial charge in [-0.3, -0.25) is 14.5 Å². The van der Waals surface area contributed by atoms with Crippen LogP contribution in [0.15, 0.2) is 279 Å². The Morgan fingerprint density at radius 2 is 0.431 bits per heavy atom. The molecule has 11 aromatic rings. The molecule has 0 radical (unpaired) electrons. The zero-order chi connectivity index (χ0) is 48.8. The van der Waals surface area contributed by atoms with Gasteiger partial charge in [0.15, 0.2) is 0 Å². The summed E-state index contributed by atoms with van der Waals surface area (Å²) < 4.78 is 4.35. The summed E-state index contributed by atoms with van der Waals surface area (Å²) in [5.41, 5.74) is 18.7. The molecule has 0 amide bonds. The largest absolute Gasteiger partial charge is 0.285 e. The van der Waals surface area contributed by atoms with Crippen molar-refractivity contribution in [2.45, 2.75) is 37.5 Å². The molecule has 3 nitrogen and oxygen atoms in total. The first-order valence-corrected chi connectivity index (χ1v) is 25.1. The molecule has 348 valence electrons. The van der Waals surface area contributed by atoms with Gasteiger partial charge in [-0.2, -0.15) is 0 Å². The Bertz CT molecular complexity index is 2980. The third-order valence-corrected chi connectivity index (χ3v) is 14.2. The Hall–Kier alpha value is -8.79. The second-order valence-electron chi connectivity index (χ2n) is 19.0. The molecule has 0 bridgehead atoms. The van der Waals surface area contributed by atoms with Crippen molar-refractivity contribution in [3.8, 4) is 11.4 Å². The van der Waals surface area contributed by atoms with Crippen LogP contribution in [0, 0.1) is 19.3 Å². The van der Waals surface area contributed by atoms with Gasteiger partial charge in [0.1, 0.15) is 0 Å². The van der Waals surface area contributed by atoms with Crippen LogP contribution in [0.2, 0.25) is 0 Å². The monoisotopic (exact) mass is 927 g/mol. The van der Waals surface area contributed by atoms with Crippen molar-refractivity contribution in [2.75, 3.05) is 0 Å². The van der Waals surface area contributed by atoms with E-state index in [9.17, 15) is 5.41 Å². The van der Waals surface area contributed by atoms with Gasteiger partial charge in [-0.1, -0.05) is 278 Å². The van der Waals surface area contributed by atoms with Crippen molar-refractivity contribution in [2.24, 2.45) is 0 Å². The van der Waals surface area contributed by atoms with E-state index < -0.39 is 0 Å². The molecule has 0 saturated heterocycles. The van der Waals surface area contributed by atoms with Gasteiger partial charge in [-0.05, 0) is 80.6 Å². The molecular weight excluding hydrogens is 871 g/mol. The zero-order valence-electron chi connectivity index (χ0n) is 40.8. The molecule has 10 aromatic carbocycles. The summed E-state index contributed by atoms with van der Waals surface area (Å²) in [6.45, 7) is 4.44. The van der Waals surface area contributed by atoms with Crippen molar-refractivity contribution >= 4 is 0 Å². The molecule has 0 fully saturated rings. The SMILES string of the molecule is Cc1cc(C(c2ccccc2)c2ccccc2)c(-n2ccn(-c3c(C(c4ccccc4)c4ccccc4)cc(C)cc3C(c3ccccc3)c3ccccc3)c2=N)c(C(c2ccccc2)c2ccccc2)c1. The fourth-order valence-corrected chi connectivity index (χ4v) is 11.2. The van der Waals surface area contributed by atoms with Gasteiger partial charge >= 0.3 is 0 Å². The zero-order valence-corrected chi connectivity index (χ0v) is 40.8. The van der Waals surface area contributed by atoms with E-state index in [-0.39, 0.29) is 23.7 Å². The Morgan fingerprint density at radius 3 is 0.597 bits per heavy atom. The maximum absolute atomic E-state index is 10.9. The number of nitrogens with one attached hydrogen (secondary N) is 1. The maximum Gasteiger partial charge on any atom is 0.211 e. The van der Waals surface area contributed by atoms with Crippen LogP contribution >= 0.6 is 0 Å². The van der Waals surface area contributed by atoms with Crippen LogP contribution in [0.25, 0.3) is 11.4 Å². The molecule has 0 aliphatic heterocycles. The maximum atomic E-state index is 10.9. The normalized spacial score (nSPS) is 11.5. The van der Waals surface area contributed by atoms with E-state index in [1.165, 1.54) is 44.5 Å². The van der Waals surface area contributed by atoms with E-state index in [1.807, 2.05) is 0 Å². The quantitative estimate of drug-likeness (QED) is 0.105. The molecule has 0 aliphatic rings. The molecule has 3 heteroatoms. The van der Waals surface area contributed by atoms with Gasteiger partial charge in [0.25, 0.3) is 0 Å². The fraction of sp³-hybridized carbons (Fsp3) is 0.0870. The highest BCUT2D eigenvalue weighted by Crippen LogP contribution is 2.45. The van der Waals surface area contributed by atoms with E-state index in [2.05, 4.69) is 302 Å². The number of nitrogens with zero attached hydrogens (tertiary/aromatic N) is 2. The number of hydrogen-bond acceptors (Lipinski definition) is 1. The Morgan fingerprint density at radius 1 is 0.264 bits per heavy atom. The minimum absolute atomic E-state index is 0.143. The Balaban J connectivity index is 1.26. The molecule has 1 aromatic heterocycles. The fourth-order valence-electron chi connectivity index (χ4n) is 11.2. The van der Waals surface area contributed by atoms with E-state index in [1.54, 1.807) is 0 Å². The molecule has 0 aliphatic carbocycles. The number of imidazole rings is 1. The van der Waals surface area contributed by atoms with Crippen LogP contribution in [-0.2, 0) is 0 Å². The van der Waals surface area contributed by atoms with E-state index in [4.69, 9.17) is 0 Å². The third kappa shape index (κ3) is 9.09. The summed E-state index contributed by atoms with van der Waals surface area (Å²) in [6, 6.07) is 96.5. The first kappa shape index (κ1) is 45.6. The van der Waals surface area contributed by atoms with Crippen LogP contribution in [0.5, 0.6) is 0 Å². The van der Waals surface area contributed by atoms with Crippen LogP contribution in [0.3, 0.4) is 0 Å². The van der Waals surface area contributed by atoms with Gasteiger partial charge in [-0.25, -0.2) is 0 Å². The highest BCUT2D eigenvalue weighted by molar-refractivity contribution is 5.65. The first-order valence-electron chi connectivity index (χ1n) is 25.1. The van der Waals surface area contributed by atoms with E-state index in [0.717, 1.165) is 44.8 Å². The Kier molecular flexibility index (Phi) is 13.1. The van der Waals surface area contributed by atoms with Crippen molar-refractivity contribution in [3.05, 3.63) is 363 Å². The molecule has 11 rings (SSSR count). The van der Waals surface area contributed by atoms with Gasteiger partial charge in [0, 0.05) is 36.1 Å². The van der Waals surface area contributed by atoms with Gasteiger partial charge < -0.3 is 0 Å². The highest BCUT2D eigenvalue weighted by Gasteiger charge is 2.32. The summed E-state index contributed by atoms with van der Waals surface area (Å²) in [4.78, 5) is 0. The molecule has 0 atom stereocenters. The smallest absolute Gasteiger partial charge is 0.211 e. The lowest BCUT2D eigenvalue weighted by atomic mass is 9.78. The molecule has 0 saturated carbocycles. The minimum Gasteiger partial charge on any atom is -0.285 e. The molecular formula is C69H57N3. The van der Waals surface area contributed by atoms with Gasteiger partial charge in [0.2, 0.25) is 5.62 Å². The van der Waals surface area contributed by atoms with Crippen LogP contribution in [0.4, 0.5) is 0 Å². The van der Waals surface area contributed by atoms with Crippen LogP contribution < -0.4 is 5.62 Å². The third-order valence-electron chi connectivity index (χ3n) is 14.2. The Labute approximate surface area is 424 Å². The number of benzene rings is 10. The lowest BCUT2D eigenvalue weighted by Crippen LogP contribution is -2.27. The predicted molar refractivity (Wildman–Crippen MR) is 296 cm³/mol. The van der Waals surface area contributed by atoms with Gasteiger partial charge in [-0.15, -0.1) is 0 Å². The van der Waals surface area contributed by atoms with Crippen molar-refractivity contribution in [1.29, 1.82) is 5.41 Å². The summed E-state index contributed by atoms with van der Waals surface area (Å²) >= 11 is 0. The van der Waals surface area contributed by atoms with E-state index in [0.29, 0.717) is 5.62 Å². The standard InChI is InChI=1S/C69H57N3/c1-49-45-59(63(51-27-11-3-12-28-51)52-29-13-4-14-30-52)67(60(46-49)64(53-31-15-5-16-32-53)54-33-17-6-18-34-54)71-43-44-72(69(71)70)68-61(65(55-35-19-7-20-36-55)56-37-21-8-22-38-56)47-50(2)48-62(68)66(57-39-23-9-24-40-57)58-41-25-10-26-42-58/h3-48,63-66,70H,1-2H3. The molecule has 1 heterocycles. The summed E-state index contributed by atoms with van der Waals surface area (Å²) in [6.07, 6.45) is 4.29.